The smallest absolute Gasteiger partial charge is 0.262 e. The molecule has 5 rings (SSSR count). The van der Waals surface area contributed by atoms with Crippen LogP contribution in [0.15, 0.2) is 84.0 Å². The number of halogens is 1. The Bertz CT molecular complexity index is 1250. The summed E-state index contributed by atoms with van der Waals surface area (Å²) in [6, 6.07) is 23.9. The number of thioether (sulfide) groups is 1. The molecule has 3 aromatic carbocycles. The first kappa shape index (κ1) is 19.5. The zero-order chi connectivity index (χ0) is 21.4. The second-order valence-corrected chi connectivity index (χ2v) is 8.19. The Morgan fingerprint density at radius 3 is 2.03 bits per heavy atom. The fraction of sp³-hybridized carbons (Fsp3) is 0.0435. The minimum Gasteiger partial charge on any atom is -0.270 e. The molecule has 1 aromatic heterocycles. The second kappa shape index (κ2) is 8.02. The van der Waals surface area contributed by atoms with Crippen LogP contribution < -0.4 is 0 Å². The van der Waals surface area contributed by atoms with Gasteiger partial charge in [-0.05, 0) is 36.4 Å². The maximum atomic E-state index is 12.7. The molecular formula is C23H15ClN4O2S. The van der Waals surface area contributed by atoms with Crippen LogP contribution in [-0.4, -0.2) is 37.4 Å². The van der Waals surface area contributed by atoms with E-state index in [-0.39, 0.29) is 17.7 Å². The van der Waals surface area contributed by atoms with Crippen LogP contribution in [0.5, 0.6) is 0 Å². The first-order valence-electron chi connectivity index (χ1n) is 9.48. The molecule has 0 fully saturated rings. The van der Waals surface area contributed by atoms with Crippen molar-refractivity contribution in [2.45, 2.75) is 5.16 Å². The molecule has 0 unspecified atom stereocenters. The number of hydrogen-bond donors (Lipinski definition) is 0. The van der Waals surface area contributed by atoms with Gasteiger partial charge < -0.3 is 0 Å². The van der Waals surface area contributed by atoms with Crippen molar-refractivity contribution >= 4 is 35.2 Å². The average molecular weight is 447 g/mol. The van der Waals surface area contributed by atoms with E-state index in [4.69, 9.17) is 11.6 Å². The lowest BCUT2D eigenvalue weighted by Crippen LogP contribution is -2.29. The highest BCUT2D eigenvalue weighted by Crippen LogP contribution is 2.31. The average Bonchev–Trinajstić information content (AvgIpc) is 3.33. The van der Waals surface area contributed by atoms with E-state index in [0.717, 1.165) is 11.3 Å². The molecule has 152 valence electrons. The highest BCUT2D eigenvalue weighted by atomic mass is 35.5. The topological polar surface area (TPSA) is 68.1 Å². The summed E-state index contributed by atoms with van der Waals surface area (Å²) in [6.45, 7) is 0. The van der Waals surface area contributed by atoms with Gasteiger partial charge in [0.15, 0.2) is 11.0 Å². The van der Waals surface area contributed by atoms with Crippen LogP contribution in [0, 0.1) is 0 Å². The second-order valence-electron chi connectivity index (χ2n) is 6.84. The Hall–Kier alpha value is -3.42. The number of imide groups is 1. The zero-order valence-electron chi connectivity index (χ0n) is 16.1. The molecular weight excluding hydrogens is 432 g/mol. The first-order chi connectivity index (χ1) is 15.1. The van der Waals surface area contributed by atoms with Gasteiger partial charge in [0.2, 0.25) is 0 Å². The molecule has 0 atom stereocenters. The van der Waals surface area contributed by atoms with Gasteiger partial charge in [0.1, 0.15) is 0 Å². The molecule has 0 bridgehead atoms. The Labute approximate surface area is 187 Å². The van der Waals surface area contributed by atoms with Gasteiger partial charge in [0, 0.05) is 16.3 Å². The van der Waals surface area contributed by atoms with E-state index < -0.39 is 0 Å². The number of nitrogens with zero attached hydrogens (tertiary/aromatic N) is 4. The largest absolute Gasteiger partial charge is 0.270 e. The van der Waals surface area contributed by atoms with Crippen LogP contribution in [0.1, 0.15) is 20.7 Å². The molecule has 0 spiro atoms. The fourth-order valence-corrected chi connectivity index (χ4v) is 4.46. The van der Waals surface area contributed by atoms with Crippen molar-refractivity contribution < 1.29 is 9.59 Å². The standard InChI is InChI=1S/C23H15ClN4O2S/c24-16-10-12-17(13-11-16)28-20(15-6-2-1-3-7-15)25-26-23(28)31-14-27-21(29)18-8-4-5-9-19(18)22(27)30/h1-13H,14H2. The van der Waals surface area contributed by atoms with Gasteiger partial charge >= 0.3 is 0 Å². The van der Waals surface area contributed by atoms with E-state index in [1.807, 2.05) is 47.0 Å². The number of amides is 2. The third-order valence-corrected chi connectivity index (χ3v) is 6.11. The maximum Gasteiger partial charge on any atom is 0.262 e. The van der Waals surface area contributed by atoms with Gasteiger partial charge in [-0.15, -0.1) is 10.2 Å². The summed E-state index contributed by atoms with van der Waals surface area (Å²) in [7, 11) is 0. The highest BCUT2D eigenvalue weighted by Gasteiger charge is 2.35. The summed E-state index contributed by atoms with van der Waals surface area (Å²) < 4.78 is 1.90. The quantitative estimate of drug-likeness (QED) is 0.321. The Morgan fingerprint density at radius 1 is 0.774 bits per heavy atom. The molecule has 0 radical (unpaired) electrons. The van der Waals surface area contributed by atoms with Crippen molar-refractivity contribution in [3.8, 4) is 17.1 Å². The molecule has 2 amide bonds. The van der Waals surface area contributed by atoms with Gasteiger partial charge in [-0.1, -0.05) is 65.8 Å². The minimum absolute atomic E-state index is 0.132. The van der Waals surface area contributed by atoms with Gasteiger partial charge in [-0.2, -0.15) is 0 Å². The highest BCUT2D eigenvalue weighted by molar-refractivity contribution is 7.99. The van der Waals surface area contributed by atoms with Gasteiger partial charge in [0.05, 0.1) is 17.0 Å². The summed E-state index contributed by atoms with van der Waals surface area (Å²) in [5.74, 6) is 0.197. The SMILES string of the molecule is O=C1c2ccccc2C(=O)N1CSc1nnc(-c2ccccc2)n1-c1ccc(Cl)cc1. The van der Waals surface area contributed by atoms with Gasteiger partial charge in [-0.25, -0.2) is 0 Å². The van der Waals surface area contributed by atoms with Gasteiger partial charge in [-0.3, -0.25) is 19.1 Å². The number of aromatic nitrogens is 3. The van der Waals surface area contributed by atoms with E-state index in [9.17, 15) is 9.59 Å². The molecule has 6 nitrogen and oxygen atoms in total. The summed E-state index contributed by atoms with van der Waals surface area (Å²) in [5, 5.41) is 9.91. The van der Waals surface area contributed by atoms with E-state index in [1.165, 1.54) is 16.7 Å². The normalized spacial score (nSPS) is 13.0. The van der Waals surface area contributed by atoms with Crippen LogP contribution in [0.4, 0.5) is 0 Å². The zero-order valence-corrected chi connectivity index (χ0v) is 17.7. The summed E-state index contributed by atoms with van der Waals surface area (Å²) in [6.07, 6.45) is 0. The van der Waals surface area contributed by atoms with Crippen molar-refractivity contribution in [3.05, 3.63) is 95.0 Å². The summed E-state index contributed by atoms with van der Waals surface area (Å²) in [4.78, 5) is 26.6. The molecule has 0 saturated heterocycles. The number of benzene rings is 3. The van der Waals surface area contributed by atoms with Crippen molar-refractivity contribution in [1.29, 1.82) is 0 Å². The molecule has 0 saturated carbocycles. The summed E-state index contributed by atoms with van der Waals surface area (Å²) >= 11 is 7.34. The molecule has 31 heavy (non-hydrogen) atoms. The van der Waals surface area contributed by atoms with E-state index >= 15 is 0 Å². The molecule has 0 N–H and O–H groups in total. The Kier molecular flexibility index (Phi) is 5.05. The van der Waals surface area contributed by atoms with Crippen molar-refractivity contribution in [2.24, 2.45) is 0 Å². The van der Waals surface area contributed by atoms with Crippen molar-refractivity contribution in [1.82, 2.24) is 19.7 Å². The lowest BCUT2D eigenvalue weighted by atomic mass is 10.1. The van der Waals surface area contributed by atoms with Crippen molar-refractivity contribution in [2.75, 3.05) is 5.88 Å². The molecule has 1 aliphatic heterocycles. The Morgan fingerprint density at radius 2 is 1.39 bits per heavy atom. The maximum absolute atomic E-state index is 12.7. The van der Waals surface area contributed by atoms with Crippen LogP contribution in [0.25, 0.3) is 17.1 Å². The minimum atomic E-state index is -0.297. The first-order valence-corrected chi connectivity index (χ1v) is 10.8. The fourth-order valence-electron chi connectivity index (χ4n) is 3.44. The van der Waals surface area contributed by atoms with Crippen LogP contribution in [0.3, 0.4) is 0 Å². The third kappa shape index (κ3) is 3.52. The molecule has 8 heteroatoms. The summed E-state index contributed by atoms with van der Waals surface area (Å²) in [5.41, 5.74) is 2.59. The molecule has 1 aliphatic rings. The van der Waals surface area contributed by atoms with E-state index in [0.29, 0.717) is 27.1 Å². The number of hydrogen-bond acceptors (Lipinski definition) is 5. The monoisotopic (exact) mass is 446 g/mol. The van der Waals surface area contributed by atoms with Crippen LogP contribution >= 0.6 is 23.4 Å². The van der Waals surface area contributed by atoms with E-state index in [1.54, 1.807) is 36.4 Å². The van der Waals surface area contributed by atoms with Gasteiger partial charge in [0.25, 0.3) is 11.8 Å². The molecule has 4 aromatic rings. The number of fused-ring (bicyclic) bond motifs is 1. The third-order valence-electron chi connectivity index (χ3n) is 4.95. The number of carbonyl (C=O) groups is 2. The lowest BCUT2D eigenvalue weighted by Gasteiger charge is -2.14. The van der Waals surface area contributed by atoms with Crippen LogP contribution in [-0.2, 0) is 0 Å². The Balaban J connectivity index is 1.49. The molecule has 0 aliphatic carbocycles. The number of rotatable bonds is 5. The number of carbonyl (C=O) groups excluding carboxylic acids is 2. The van der Waals surface area contributed by atoms with Crippen LogP contribution in [0.2, 0.25) is 5.02 Å². The molecule has 2 heterocycles. The predicted molar refractivity (Wildman–Crippen MR) is 119 cm³/mol. The van der Waals surface area contributed by atoms with E-state index in [2.05, 4.69) is 10.2 Å². The lowest BCUT2D eigenvalue weighted by molar-refractivity contribution is 0.0684. The predicted octanol–water partition coefficient (Wildman–Crippen LogP) is 4.93. The van der Waals surface area contributed by atoms with Crippen molar-refractivity contribution in [3.63, 3.8) is 0 Å².